The highest BCUT2D eigenvalue weighted by atomic mass is 35.5. The van der Waals surface area contributed by atoms with Gasteiger partial charge >= 0.3 is 0 Å². The van der Waals surface area contributed by atoms with Gasteiger partial charge in [-0.15, -0.1) is 0 Å². The summed E-state index contributed by atoms with van der Waals surface area (Å²) in [5, 5.41) is 8.70. The predicted molar refractivity (Wildman–Crippen MR) is 116 cm³/mol. The number of nitrogens with zero attached hydrogens (tertiary/aromatic N) is 1. The molecule has 4 nitrogen and oxygen atoms in total. The highest BCUT2D eigenvalue weighted by Gasteiger charge is 2.08. The largest absolute Gasteiger partial charge is 0.397 e. The number of rotatable bonds is 4. The predicted octanol–water partition coefficient (Wildman–Crippen LogP) is 6.61. The first-order valence-electron chi connectivity index (χ1n) is 8.33. The third kappa shape index (κ3) is 3.77. The van der Waals surface area contributed by atoms with Crippen molar-refractivity contribution in [2.45, 2.75) is 0 Å². The van der Waals surface area contributed by atoms with Gasteiger partial charge in [0.2, 0.25) is 0 Å². The number of nitrogens with two attached hydrogens (primary N) is 1. The van der Waals surface area contributed by atoms with Gasteiger partial charge in [0.15, 0.2) is 0 Å². The average Bonchev–Trinajstić information content (AvgIpc) is 2.67. The topological polar surface area (TPSA) is 63.0 Å². The van der Waals surface area contributed by atoms with E-state index in [1.807, 2.05) is 60.7 Å². The Balaban J connectivity index is 1.76. The number of anilines is 5. The smallest absolute Gasteiger partial charge is 0.133 e. The maximum atomic E-state index is 6.14. The summed E-state index contributed by atoms with van der Waals surface area (Å²) in [5.74, 6) is 0.689. The van der Waals surface area contributed by atoms with Crippen LogP contribution in [0.25, 0.3) is 10.9 Å². The van der Waals surface area contributed by atoms with Gasteiger partial charge in [0.1, 0.15) is 5.82 Å². The standard InChI is InChI=1S/C21H16Cl2N4/c22-15-10-9-13(11-16(15)23)25-20-12-21(26-18-7-3-1-5-14(18)20)27-19-8-4-2-6-17(19)24/h1-12H,24H2,(H2,25,26,27). The number of benzene rings is 3. The molecule has 134 valence electrons. The molecule has 4 N–H and O–H groups in total. The zero-order valence-electron chi connectivity index (χ0n) is 14.2. The van der Waals surface area contributed by atoms with Crippen molar-refractivity contribution in [1.29, 1.82) is 0 Å². The summed E-state index contributed by atoms with van der Waals surface area (Å²) >= 11 is 12.2. The molecule has 0 amide bonds. The number of aromatic nitrogens is 1. The quantitative estimate of drug-likeness (QED) is 0.340. The van der Waals surface area contributed by atoms with Crippen LogP contribution < -0.4 is 16.4 Å². The summed E-state index contributed by atoms with van der Waals surface area (Å²) in [6.45, 7) is 0. The zero-order valence-corrected chi connectivity index (χ0v) is 15.7. The molecule has 3 aromatic carbocycles. The molecule has 0 aliphatic heterocycles. The van der Waals surface area contributed by atoms with Crippen LogP contribution in [0.15, 0.2) is 72.8 Å². The lowest BCUT2D eigenvalue weighted by Crippen LogP contribution is -2.00. The minimum atomic E-state index is 0.496. The van der Waals surface area contributed by atoms with Crippen molar-refractivity contribution < 1.29 is 0 Å². The number of pyridine rings is 1. The molecule has 0 radical (unpaired) electrons. The van der Waals surface area contributed by atoms with Gasteiger partial charge in [-0.25, -0.2) is 4.98 Å². The lowest BCUT2D eigenvalue weighted by molar-refractivity contribution is 1.37. The molecule has 6 heteroatoms. The second-order valence-corrected chi connectivity index (χ2v) is 6.85. The molecule has 1 aromatic heterocycles. The van der Waals surface area contributed by atoms with Crippen LogP contribution in [0.4, 0.5) is 28.6 Å². The first-order valence-corrected chi connectivity index (χ1v) is 9.09. The molecule has 0 fully saturated rings. The highest BCUT2D eigenvalue weighted by Crippen LogP contribution is 2.32. The fourth-order valence-corrected chi connectivity index (χ4v) is 3.12. The molecule has 1 heterocycles. The summed E-state index contributed by atoms with van der Waals surface area (Å²) < 4.78 is 0. The summed E-state index contributed by atoms with van der Waals surface area (Å²) in [7, 11) is 0. The number of hydrogen-bond acceptors (Lipinski definition) is 4. The fraction of sp³-hybridized carbons (Fsp3) is 0. The van der Waals surface area contributed by atoms with Crippen molar-refractivity contribution in [2.75, 3.05) is 16.4 Å². The van der Waals surface area contributed by atoms with Gasteiger partial charge in [0.25, 0.3) is 0 Å². The monoisotopic (exact) mass is 394 g/mol. The van der Waals surface area contributed by atoms with E-state index in [9.17, 15) is 0 Å². The van der Waals surface area contributed by atoms with Crippen molar-refractivity contribution in [3.05, 3.63) is 82.8 Å². The van der Waals surface area contributed by atoms with Gasteiger partial charge in [0, 0.05) is 17.1 Å². The molecule has 0 saturated carbocycles. The number of fused-ring (bicyclic) bond motifs is 1. The van der Waals surface area contributed by atoms with Crippen LogP contribution in [-0.4, -0.2) is 4.98 Å². The van der Waals surface area contributed by atoms with Gasteiger partial charge in [-0.1, -0.05) is 53.5 Å². The van der Waals surface area contributed by atoms with Crippen molar-refractivity contribution in [3.8, 4) is 0 Å². The Labute approximate surface area is 166 Å². The zero-order chi connectivity index (χ0) is 18.8. The molecule has 4 rings (SSSR count). The molecule has 0 unspecified atom stereocenters. The molecule has 0 saturated heterocycles. The van der Waals surface area contributed by atoms with E-state index in [0.717, 1.165) is 28.0 Å². The Morgan fingerprint density at radius 1 is 0.741 bits per heavy atom. The van der Waals surface area contributed by atoms with E-state index in [4.69, 9.17) is 33.9 Å². The van der Waals surface area contributed by atoms with E-state index in [0.29, 0.717) is 21.6 Å². The second-order valence-electron chi connectivity index (χ2n) is 6.04. The Morgan fingerprint density at radius 2 is 1.52 bits per heavy atom. The summed E-state index contributed by atoms with van der Waals surface area (Å²) in [6, 6.07) is 22.9. The maximum absolute atomic E-state index is 6.14. The Bertz CT molecular complexity index is 1130. The van der Waals surface area contributed by atoms with E-state index in [2.05, 4.69) is 10.6 Å². The van der Waals surface area contributed by atoms with Crippen molar-refractivity contribution in [2.24, 2.45) is 0 Å². The molecular weight excluding hydrogens is 379 g/mol. The first-order chi connectivity index (χ1) is 13.1. The summed E-state index contributed by atoms with van der Waals surface area (Å²) in [6.07, 6.45) is 0. The van der Waals surface area contributed by atoms with E-state index in [1.165, 1.54) is 0 Å². The normalized spacial score (nSPS) is 10.7. The van der Waals surface area contributed by atoms with E-state index in [1.54, 1.807) is 12.1 Å². The third-order valence-electron chi connectivity index (χ3n) is 4.14. The fourth-order valence-electron chi connectivity index (χ4n) is 2.82. The third-order valence-corrected chi connectivity index (χ3v) is 4.88. The van der Waals surface area contributed by atoms with Crippen molar-refractivity contribution in [3.63, 3.8) is 0 Å². The number of nitrogens with one attached hydrogen (secondary N) is 2. The minimum absolute atomic E-state index is 0.496. The van der Waals surface area contributed by atoms with Crippen molar-refractivity contribution in [1.82, 2.24) is 4.98 Å². The van der Waals surface area contributed by atoms with Crippen LogP contribution in [0.5, 0.6) is 0 Å². The Kier molecular flexibility index (Phi) is 4.75. The van der Waals surface area contributed by atoms with Gasteiger partial charge in [-0.05, 0) is 36.4 Å². The molecule has 0 spiro atoms. The first kappa shape index (κ1) is 17.5. The van der Waals surface area contributed by atoms with Crippen molar-refractivity contribution >= 4 is 62.7 Å². The molecule has 0 aliphatic carbocycles. The molecule has 0 aliphatic rings. The van der Waals surface area contributed by atoms with Crippen LogP contribution in [-0.2, 0) is 0 Å². The van der Waals surface area contributed by atoms with E-state index < -0.39 is 0 Å². The maximum Gasteiger partial charge on any atom is 0.133 e. The summed E-state index contributed by atoms with van der Waals surface area (Å²) in [4.78, 5) is 4.69. The molecule has 0 bridgehead atoms. The van der Waals surface area contributed by atoms with Gasteiger partial charge in [-0.2, -0.15) is 0 Å². The Hall–Kier alpha value is -2.95. The number of nitrogen functional groups attached to an aromatic ring is 1. The van der Waals surface area contributed by atoms with E-state index in [-0.39, 0.29) is 0 Å². The average molecular weight is 395 g/mol. The van der Waals surface area contributed by atoms with Crippen LogP contribution in [0.3, 0.4) is 0 Å². The van der Waals surface area contributed by atoms with E-state index >= 15 is 0 Å². The summed E-state index contributed by atoms with van der Waals surface area (Å²) in [5.41, 5.74) is 10.1. The molecule has 0 atom stereocenters. The van der Waals surface area contributed by atoms with Gasteiger partial charge in [0.05, 0.1) is 32.6 Å². The second kappa shape index (κ2) is 7.35. The highest BCUT2D eigenvalue weighted by molar-refractivity contribution is 6.42. The van der Waals surface area contributed by atoms with Crippen LogP contribution in [0.1, 0.15) is 0 Å². The van der Waals surface area contributed by atoms with Gasteiger partial charge < -0.3 is 16.4 Å². The SMILES string of the molecule is Nc1ccccc1Nc1cc(Nc2ccc(Cl)c(Cl)c2)c2ccccc2n1. The number of hydrogen-bond donors (Lipinski definition) is 3. The molecular formula is C21H16Cl2N4. The molecule has 27 heavy (non-hydrogen) atoms. The lowest BCUT2D eigenvalue weighted by atomic mass is 10.1. The molecule has 4 aromatic rings. The Morgan fingerprint density at radius 3 is 2.33 bits per heavy atom. The number of halogens is 2. The van der Waals surface area contributed by atoms with Crippen LogP contribution in [0.2, 0.25) is 10.0 Å². The lowest BCUT2D eigenvalue weighted by Gasteiger charge is -2.14. The van der Waals surface area contributed by atoms with Crippen LogP contribution in [0, 0.1) is 0 Å². The number of para-hydroxylation sites is 3. The van der Waals surface area contributed by atoms with Gasteiger partial charge in [-0.3, -0.25) is 0 Å². The minimum Gasteiger partial charge on any atom is -0.397 e. The van der Waals surface area contributed by atoms with Crippen LogP contribution >= 0.6 is 23.2 Å².